The van der Waals surface area contributed by atoms with Crippen LogP contribution in [0.4, 0.5) is 23.3 Å². The topological polar surface area (TPSA) is 78.0 Å². The summed E-state index contributed by atoms with van der Waals surface area (Å²) in [7, 11) is 0. The minimum absolute atomic E-state index is 0.487. The third-order valence-corrected chi connectivity index (χ3v) is 7.64. The first-order valence-corrected chi connectivity index (χ1v) is 14.2. The number of rotatable bonds is 6. The quantitative estimate of drug-likeness (QED) is 0.443. The summed E-state index contributed by atoms with van der Waals surface area (Å²) in [6.07, 6.45) is 3.65. The Morgan fingerprint density at radius 2 is 1.41 bits per heavy atom. The zero-order valence-corrected chi connectivity index (χ0v) is 23.0. The average molecular weight is 546 g/mol. The Hall–Kier alpha value is -3.79. The Morgan fingerprint density at radius 3 is 2.15 bits per heavy atom. The standard InChI is InChI=1S/C29H35N7O2S/c39-29(30-21-22-9-10-24-25(19-22)38-18-17-37-24)33-28-31-26(35-11-5-2-6-12-35)20-27(32-28)36-15-13-34(14-16-36)23-7-3-1-4-8-23/h1,3-4,7-10,19-20H,2,5-6,11-18,21H2,(H2,30,31,32,33,39). The van der Waals surface area contributed by atoms with Crippen LogP contribution in [0.5, 0.6) is 11.5 Å². The third-order valence-electron chi connectivity index (χ3n) is 7.39. The highest BCUT2D eigenvalue weighted by Crippen LogP contribution is 2.31. The van der Waals surface area contributed by atoms with Gasteiger partial charge < -0.3 is 34.8 Å². The molecule has 3 aliphatic rings. The van der Waals surface area contributed by atoms with Crippen LogP contribution in [0.2, 0.25) is 0 Å². The van der Waals surface area contributed by atoms with Crippen LogP contribution >= 0.6 is 12.2 Å². The van der Waals surface area contributed by atoms with Crippen molar-refractivity contribution < 1.29 is 9.47 Å². The summed E-state index contributed by atoms with van der Waals surface area (Å²) in [4.78, 5) is 16.9. The van der Waals surface area contributed by atoms with Crippen LogP contribution in [0.3, 0.4) is 0 Å². The summed E-state index contributed by atoms with van der Waals surface area (Å²) in [6.45, 7) is 7.45. The molecule has 3 aromatic rings. The van der Waals surface area contributed by atoms with Gasteiger partial charge in [-0.05, 0) is 61.3 Å². The van der Waals surface area contributed by atoms with Gasteiger partial charge in [-0.25, -0.2) is 0 Å². The van der Waals surface area contributed by atoms with Gasteiger partial charge in [0.15, 0.2) is 16.6 Å². The predicted molar refractivity (Wildman–Crippen MR) is 159 cm³/mol. The van der Waals surface area contributed by atoms with E-state index >= 15 is 0 Å². The molecule has 4 heterocycles. The molecule has 9 nitrogen and oxygen atoms in total. The van der Waals surface area contributed by atoms with Crippen LogP contribution in [0.25, 0.3) is 0 Å². The molecule has 2 fully saturated rings. The lowest BCUT2D eigenvalue weighted by molar-refractivity contribution is 0.171. The fourth-order valence-electron chi connectivity index (χ4n) is 5.28. The number of piperazine rings is 1. The van der Waals surface area contributed by atoms with Crippen LogP contribution < -0.4 is 34.8 Å². The van der Waals surface area contributed by atoms with Gasteiger partial charge in [-0.1, -0.05) is 24.3 Å². The number of nitrogens with zero attached hydrogens (tertiary/aromatic N) is 5. The maximum absolute atomic E-state index is 5.71. The molecule has 204 valence electrons. The molecule has 0 bridgehead atoms. The van der Waals surface area contributed by atoms with E-state index < -0.39 is 0 Å². The second-order valence-electron chi connectivity index (χ2n) is 10.1. The number of nitrogens with one attached hydrogen (secondary N) is 2. The number of para-hydroxylation sites is 1. The lowest BCUT2D eigenvalue weighted by atomic mass is 10.1. The van der Waals surface area contributed by atoms with Gasteiger partial charge >= 0.3 is 0 Å². The molecule has 0 spiro atoms. The summed E-state index contributed by atoms with van der Waals surface area (Å²) >= 11 is 5.63. The number of anilines is 4. The van der Waals surface area contributed by atoms with Crippen molar-refractivity contribution in [2.45, 2.75) is 25.8 Å². The highest BCUT2D eigenvalue weighted by atomic mass is 32.1. The SMILES string of the molecule is S=C(NCc1ccc2c(c1)OCCO2)Nc1nc(N2CCCCC2)cc(N2CCN(c3ccccc3)CC2)n1. The van der Waals surface area contributed by atoms with Crippen molar-refractivity contribution in [1.29, 1.82) is 0 Å². The van der Waals surface area contributed by atoms with E-state index in [1.165, 1.54) is 24.9 Å². The third kappa shape index (κ3) is 6.27. The van der Waals surface area contributed by atoms with E-state index in [0.717, 1.165) is 68.0 Å². The van der Waals surface area contributed by atoms with Crippen molar-refractivity contribution in [3.63, 3.8) is 0 Å². The molecular weight excluding hydrogens is 510 g/mol. The maximum atomic E-state index is 5.71. The monoisotopic (exact) mass is 545 g/mol. The summed E-state index contributed by atoms with van der Waals surface area (Å²) in [6, 6.07) is 18.7. The lowest BCUT2D eigenvalue weighted by Crippen LogP contribution is -2.47. The van der Waals surface area contributed by atoms with E-state index in [0.29, 0.717) is 30.8 Å². The zero-order chi connectivity index (χ0) is 26.4. The maximum Gasteiger partial charge on any atom is 0.232 e. The van der Waals surface area contributed by atoms with Gasteiger partial charge in [-0.3, -0.25) is 0 Å². The van der Waals surface area contributed by atoms with Crippen LogP contribution in [-0.2, 0) is 6.54 Å². The Kier molecular flexibility index (Phi) is 7.80. The molecule has 0 radical (unpaired) electrons. The van der Waals surface area contributed by atoms with Crippen molar-refractivity contribution in [3.05, 3.63) is 60.2 Å². The van der Waals surface area contributed by atoms with Crippen LogP contribution in [0.1, 0.15) is 24.8 Å². The van der Waals surface area contributed by atoms with Gasteiger partial charge in [0.1, 0.15) is 24.8 Å². The Balaban J connectivity index is 1.14. The fraction of sp³-hybridized carbons (Fsp3) is 0.414. The normalized spacial score (nSPS) is 17.1. The number of hydrogen-bond acceptors (Lipinski definition) is 8. The second-order valence-corrected chi connectivity index (χ2v) is 10.5. The molecule has 2 aromatic carbocycles. The van der Waals surface area contributed by atoms with Crippen molar-refractivity contribution in [2.75, 3.05) is 72.5 Å². The fourth-order valence-corrected chi connectivity index (χ4v) is 5.45. The highest BCUT2D eigenvalue weighted by molar-refractivity contribution is 7.80. The first-order chi connectivity index (χ1) is 19.2. The van der Waals surface area contributed by atoms with Crippen molar-refractivity contribution >= 4 is 40.6 Å². The first-order valence-electron chi connectivity index (χ1n) is 13.8. The van der Waals surface area contributed by atoms with E-state index in [9.17, 15) is 0 Å². The largest absolute Gasteiger partial charge is 0.486 e. The molecule has 0 aliphatic carbocycles. The predicted octanol–water partition coefficient (Wildman–Crippen LogP) is 4.05. The molecule has 0 saturated carbocycles. The van der Waals surface area contributed by atoms with Crippen LogP contribution in [0, 0.1) is 0 Å². The molecule has 0 amide bonds. The number of fused-ring (bicyclic) bond motifs is 1. The van der Waals surface area contributed by atoms with Gasteiger partial charge in [-0.15, -0.1) is 0 Å². The van der Waals surface area contributed by atoms with Crippen LogP contribution in [-0.4, -0.2) is 67.6 Å². The molecule has 1 aromatic heterocycles. The molecule has 10 heteroatoms. The summed E-state index contributed by atoms with van der Waals surface area (Å²) in [5.74, 6) is 3.98. The van der Waals surface area contributed by atoms with Gasteiger partial charge in [0.2, 0.25) is 5.95 Å². The summed E-state index contributed by atoms with van der Waals surface area (Å²) < 4.78 is 11.3. The summed E-state index contributed by atoms with van der Waals surface area (Å²) in [5, 5.41) is 7.02. The van der Waals surface area contributed by atoms with Gasteiger partial charge in [0, 0.05) is 57.6 Å². The van der Waals surface area contributed by atoms with Gasteiger partial charge in [0.25, 0.3) is 0 Å². The Bertz CT molecular complexity index is 1280. The Morgan fingerprint density at radius 1 is 0.744 bits per heavy atom. The number of piperidine rings is 1. The lowest BCUT2D eigenvalue weighted by Gasteiger charge is -2.37. The zero-order valence-electron chi connectivity index (χ0n) is 22.1. The molecule has 0 unspecified atom stereocenters. The smallest absolute Gasteiger partial charge is 0.232 e. The second kappa shape index (κ2) is 11.9. The number of hydrogen-bond donors (Lipinski definition) is 2. The molecular formula is C29H35N7O2S. The van der Waals surface area contributed by atoms with Gasteiger partial charge in [0.05, 0.1) is 0 Å². The van der Waals surface area contributed by atoms with Crippen LogP contribution in [0.15, 0.2) is 54.6 Å². The van der Waals surface area contributed by atoms with E-state index in [1.54, 1.807) is 0 Å². The average Bonchev–Trinajstić information content (AvgIpc) is 3.01. The van der Waals surface area contributed by atoms with Gasteiger partial charge in [-0.2, -0.15) is 9.97 Å². The molecule has 2 saturated heterocycles. The minimum Gasteiger partial charge on any atom is -0.486 e. The van der Waals surface area contributed by atoms with Crippen molar-refractivity contribution in [2.24, 2.45) is 0 Å². The Labute approximate surface area is 235 Å². The number of aromatic nitrogens is 2. The van der Waals surface area contributed by atoms with Crippen molar-refractivity contribution in [1.82, 2.24) is 15.3 Å². The molecule has 0 atom stereocenters. The molecule has 39 heavy (non-hydrogen) atoms. The minimum atomic E-state index is 0.487. The number of ether oxygens (including phenoxy) is 2. The van der Waals surface area contributed by atoms with Crippen molar-refractivity contribution in [3.8, 4) is 11.5 Å². The molecule has 6 rings (SSSR count). The number of benzene rings is 2. The van der Waals surface area contributed by atoms with E-state index in [2.05, 4.69) is 61.7 Å². The molecule has 2 N–H and O–H groups in total. The first kappa shape index (κ1) is 25.5. The highest BCUT2D eigenvalue weighted by Gasteiger charge is 2.22. The summed E-state index contributed by atoms with van der Waals surface area (Å²) in [5.41, 5.74) is 2.33. The van der Waals surface area contributed by atoms with E-state index in [4.69, 9.17) is 31.7 Å². The molecule has 3 aliphatic heterocycles. The van der Waals surface area contributed by atoms with E-state index in [-0.39, 0.29) is 0 Å². The van der Waals surface area contributed by atoms with E-state index in [1.807, 2.05) is 18.2 Å². The number of thiocarbonyl (C=S) groups is 1.